The van der Waals surface area contributed by atoms with Crippen molar-refractivity contribution < 1.29 is 4.79 Å². The molecular formula is C22H20Cl2N2O. The number of rotatable bonds is 6. The molecule has 1 amide bonds. The summed E-state index contributed by atoms with van der Waals surface area (Å²) in [5.41, 5.74) is 3.60. The molecule has 0 fully saturated rings. The van der Waals surface area contributed by atoms with Gasteiger partial charge in [0, 0.05) is 28.4 Å². The number of hydrogen-bond acceptors (Lipinski definition) is 2. The highest BCUT2D eigenvalue weighted by molar-refractivity contribution is 6.35. The summed E-state index contributed by atoms with van der Waals surface area (Å²) in [4.78, 5) is 19.2. The van der Waals surface area contributed by atoms with Crippen LogP contribution >= 0.6 is 23.2 Å². The summed E-state index contributed by atoms with van der Waals surface area (Å²) >= 11 is 12.3. The average molecular weight is 399 g/mol. The third kappa shape index (κ3) is 5.31. The highest BCUT2D eigenvalue weighted by atomic mass is 35.5. The maximum absolute atomic E-state index is 13.1. The Kier molecular flexibility index (Phi) is 6.49. The zero-order valence-electron chi connectivity index (χ0n) is 15.0. The second-order valence-corrected chi connectivity index (χ2v) is 7.24. The van der Waals surface area contributed by atoms with Crippen LogP contribution in [-0.4, -0.2) is 22.3 Å². The zero-order chi connectivity index (χ0) is 19.2. The van der Waals surface area contributed by atoms with Gasteiger partial charge in [-0.3, -0.25) is 9.78 Å². The number of benzene rings is 2. The Hall–Kier alpha value is -2.36. The van der Waals surface area contributed by atoms with Crippen molar-refractivity contribution in [2.45, 2.75) is 19.9 Å². The molecule has 0 unspecified atom stereocenters. The third-order valence-electron chi connectivity index (χ3n) is 4.33. The molecule has 2 aromatic carbocycles. The molecule has 0 atom stereocenters. The predicted molar refractivity (Wildman–Crippen MR) is 110 cm³/mol. The fraction of sp³-hybridized carbons (Fsp3) is 0.182. The maximum atomic E-state index is 13.1. The van der Waals surface area contributed by atoms with Crippen LogP contribution in [0.5, 0.6) is 0 Å². The van der Waals surface area contributed by atoms with Crippen LogP contribution in [0, 0.1) is 6.92 Å². The quantitative estimate of drug-likeness (QED) is 0.542. The van der Waals surface area contributed by atoms with Gasteiger partial charge < -0.3 is 4.90 Å². The number of hydrogen-bond donors (Lipinski definition) is 0. The van der Waals surface area contributed by atoms with Crippen LogP contribution in [0.15, 0.2) is 66.9 Å². The van der Waals surface area contributed by atoms with Gasteiger partial charge in [-0.1, -0.05) is 53.0 Å². The molecule has 0 aliphatic heterocycles. The lowest BCUT2D eigenvalue weighted by Crippen LogP contribution is -2.32. The molecule has 27 heavy (non-hydrogen) atoms. The fourth-order valence-electron chi connectivity index (χ4n) is 2.80. The van der Waals surface area contributed by atoms with Crippen LogP contribution in [-0.2, 0) is 13.0 Å². The van der Waals surface area contributed by atoms with Crippen molar-refractivity contribution in [3.63, 3.8) is 0 Å². The van der Waals surface area contributed by atoms with E-state index < -0.39 is 0 Å². The van der Waals surface area contributed by atoms with Gasteiger partial charge in [0.1, 0.15) is 0 Å². The Balaban J connectivity index is 1.80. The van der Waals surface area contributed by atoms with E-state index in [1.165, 1.54) is 0 Å². The first-order chi connectivity index (χ1) is 13.0. The number of pyridine rings is 1. The van der Waals surface area contributed by atoms with E-state index in [0.717, 1.165) is 16.8 Å². The second kappa shape index (κ2) is 9.03. The van der Waals surface area contributed by atoms with E-state index in [1.807, 2.05) is 61.5 Å². The average Bonchev–Trinajstić information content (AvgIpc) is 2.67. The van der Waals surface area contributed by atoms with Crippen molar-refractivity contribution in [2.24, 2.45) is 0 Å². The van der Waals surface area contributed by atoms with Crippen LogP contribution in [0.1, 0.15) is 27.2 Å². The lowest BCUT2D eigenvalue weighted by molar-refractivity contribution is 0.0743. The van der Waals surface area contributed by atoms with E-state index in [0.29, 0.717) is 35.1 Å². The first-order valence-electron chi connectivity index (χ1n) is 8.73. The minimum Gasteiger partial charge on any atom is -0.332 e. The third-order valence-corrected chi connectivity index (χ3v) is 4.92. The summed E-state index contributed by atoms with van der Waals surface area (Å²) in [5.74, 6) is -0.0225. The van der Waals surface area contributed by atoms with Gasteiger partial charge in [-0.05, 0) is 55.3 Å². The standard InChI is InChI=1S/C22H20Cl2N2O/c1-16-5-7-18(8-6-16)22(27)26(15-20-4-2-3-12-25-20)13-11-17-9-10-19(23)14-21(17)24/h2-10,12,14H,11,13,15H2,1H3. The second-order valence-electron chi connectivity index (χ2n) is 6.40. The largest absolute Gasteiger partial charge is 0.332 e. The number of carbonyl (C=O) groups is 1. The van der Waals surface area contributed by atoms with E-state index in [9.17, 15) is 4.79 Å². The van der Waals surface area contributed by atoms with Gasteiger partial charge in [-0.15, -0.1) is 0 Å². The molecule has 0 radical (unpaired) electrons. The molecule has 0 aliphatic carbocycles. The van der Waals surface area contributed by atoms with Crippen molar-refractivity contribution >= 4 is 29.1 Å². The first kappa shape index (κ1) is 19.4. The number of aryl methyl sites for hydroxylation is 1. The van der Waals surface area contributed by atoms with Gasteiger partial charge in [0.25, 0.3) is 5.91 Å². The van der Waals surface area contributed by atoms with Crippen LogP contribution in [0.25, 0.3) is 0 Å². The highest BCUT2D eigenvalue weighted by Gasteiger charge is 2.17. The molecule has 0 bridgehead atoms. The number of amides is 1. The molecule has 0 N–H and O–H groups in total. The van der Waals surface area contributed by atoms with Gasteiger partial charge in [0.2, 0.25) is 0 Å². The SMILES string of the molecule is Cc1ccc(C(=O)N(CCc2ccc(Cl)cc2Cl)Cc2ccccn2)cc1. The molecule has 0 aliphatic rings. The highest BCUT2D eigenvalue weighted by Crippen LogP contribution is 2.22. The normalized spacial score (nSPS) is 10.6. The van der Waals surface area contributed by atoms with Crippen LogP contribution in [0.2, 0.25) is 10.0 Å². The smallest absolute Gasteiger partial charge is 0.254 e. The molecule has 0 saturated carbocycles. The fourth-order valence-corrected chi connectivity index (χ4v) is 3.30. The van der Waals surface area contributed by atoms with Gasteiger partial charge in [-0.2, -0.15) is 0 Å². The lowest BCUT2D eigenvalue weighted by atomic mass is 10.1. The van der Waals surface area contributed by atoms with E-state index in [1.54, 1.807) is 17.2 Å². The van der Waals surface area contributed by atoms with E-state index >= 15 is 0 Å². The molecule has 1 heterocycles. The minimum absolute atomic E-state index is 0.0225. The Labute approximate surface area is 169 Å². The minimum atomic E-state index is -0.0225. The van der Waals surface area contributed by atoms with Gasteiger partial charge in [0.05, 0.1) is 12.2 Å². The Bertz CT molecular complexity index is 911. The lowest BCUT2D eigenvalue weighted by Gasteiger charge is -2.23. The van der Waals surface area contributed by atoms with Crippen LogP contribution in [0.3, 0.4) is 0 Å². The molecule has 3 rings (SSSR count). The first-order valence-corrected chi connectivity index (χ1v) is 9.48. The molecule has 3 aromatic rings. The van der Waals surface area contributed by atoms with Crippen molar-refractivity contribution in [1.82, 2.24) is 9.88 Å². The Morgan fingerprint density at radius 3 is 2.48 bits per heavy atom. The molecule has 0 spiro atoms. The Morgan fingerprint density at radius 2 is 1.81 bits per heavy atom. The summed E-state index contributed by atoms with van der Waals surface area (Å²) < 4.78 is 0. The van der Waals surface area contributed by atoms with Crippen molar-refractivity contribution in [1.29, 1.82) is 0 Å². The Morgan fingerprint density at radius 1 is 1.04 bits per heavy atom. The van der Waals surface area contributed by atoms with Gasteiger partial charge >= 0.3 is 0 Å². The van der Waals surface area contributed by atoms with Gasteiger partial charge in [0.15, 0.2) is 0 Å². The number of aromatic nitrogens is 1. The van der Waals surface area contributed by atoms with Crippen molar-refractivity contribution in [2.75, 3.05) is 6.54 Å². The molecular weight excluding hydrogens is 379 g/mol. The molecule has 138 valence electrons. The summed E-state index contributed by atoms with van der Waals surface area (Å²) in [5, 5.41) is 1.22. The number of nitrogens with zero attached hydrogens (tertiary/aromatic N) is 2. The molecule has 5 heteroatoms. The summed E-state index contributed by atoms with van der Waals surface area (Å²) in [6, 6.07) is 18.8. The topological polar surface area (TPSA) is 33.2 Å². The predicted octanol–water partition coefficient (Wildman–Crippen LogP) is 5.58. The summed E-state index contributed by atoms with van der Waals surface area (Å²) in [6.07, 6.45) is 2.38. The number of halogens is 2. The summed E-state index contributed by atoms with van der Waals surface area (Å²) in [6.45, 7) is 2.98. The van der Waals surface area contributed by atoms with E-state index in [4.69, 9.17) is 23.2 Å². The maximum Gasteiger partial charge on any atom is 0.254 e. The van der Waals surface area contributed by atoms with Crippen LogP contribution in [0.4, 0.5) is 0 Å². The van der Waals surface area contributed by atoms with Crippen LogP contribution < -0.4 is 0 Å². The van der Waals surface area contributed by atoms with Crippen molar-refractivity contribution in [3.8, 4) is 0 Å². The monoisotopic (exact) mass is 398 g/mol. The van der Waals surface area contributed by atoms with E-state index in [2.05, 4.69) is 4.98 Å². The van der Waals surface area contributed by atoms with Crippen molar-refractivity contribution in [3.05, 3.63) is 99.3 Å². The molecule has 3 nitrogen and oxygen atoms in total. The zero-order valence-corrected chi connectivity index (χ0v) is 16.5. The van der Waals surface area contributed by atoms with E-state index in [-0.39, 0.29) is 5.91 Å². The molecule has 1 aromatic heterocycles. The van der Waals surface area contributed by atoms with Gasteiger partial charge in [-0.25, -0.2) is 0 Å². The number of carbonyl (C=O) groups excluding carboxylic acids is 1. The molecule has 0 saturated heterocycles. The summed E-state index contributed by atoms with van der Waals surface area (Å²) in [7, 11) is 0.